The lowest BCUT2D eigenvalue weighted by Gasteiger charge is -2.39. The minimum absolute atomic E-state index is 0.0449. The summed E-state index contributed by atoms with van der Waals surface area (Å²) in [7, 11) is -3.36. The lowest BCUT2D eigenvalue weighted by molar-refractivity contribution is 0.346. The van der Waals surface area contributed by atoms with Gasteiger partial charge in [-0.1, -0.05) is 329 Å². The van der Waals surface area contributed by atoms with E-state index < -0.39 is 13.2 Å². The maximum atomic E-state index is 15.9. The van der Waals surface area contributed by atoms with Crippen molar-refractivity contribution in [3.63, 3.8) is 0 Å². The monoisotopic (exact) mass is 1600 g/mol. The predicted molar refractivity (Wildman–Crippen MR) is 500 cm³/mol. The Morgan fingerprint density at radius 1 is 0.305 bits per heavy atom. The molecule has 4 aliphatic rings. The van der Waals surface area contributed by atoms with Gasteiger partial charge in [-0.15, -0.1) is 11.3 Å². The molecule has 0 N–H and O–H groups in total. The van der Waals surface area contributed by atoms with Gasteiger partial charge in [-0.3, -0.25) is 0 Å². The highest BCUT2D eigenvalue weighted by Gasteiger charge is 2.40. The first-order chi connectivity index (χ1) is 58.2. The molecule has 2 aliphatic heterocycles. The SMILES string of the molecule is O=P(c1ccccc1)(c1ccccc1)c1cc(-c2ccc(C3(c4ccc(N5c6ccccc6Oc6ccccc65)cc4)CCCCC3)cc2)cc2c1oc1ccccc12.S=P(c1ccccc1)(c1ccccc1)c1cc(-c2ccc(C3(c4ccc(N5c6ccccc6Oc6ccccc65)cc4)CCCCC3)cc2)cc2c1sc1ccccc12. The standard InChI is InChI=1S/C54H42NO3P.C54H42NOPS2/c56-59(43-16-4-1-5-17-43,44-18-6-2-7-19-44)52-37-39(36-46-45-20-8-11-23-49(45)58-53(46)52)38-26-28-40(29-27-38)54(34-14-3-15-35-54)41-30-32-42(33-31-41)55-47-21-9-12-24-50(47)57-51-25-13-10-22-48(51)55;58-57(43-16-4-1-5-17-43,44-18-6-2-7-19-44)51-37-39(36-46-45-20-8-13-25-52(45)59-53(46)51)38-26-28-40(29-27-38)54(34-14-3-15-35-54)41-30-32-42(33-31-41)55-47-21-9-11-23-49(47)56-50-24-12-10-22-48(50)55/h2*1-2,4-13,16-33,36-37H,3,14-15,34-35H2. The molecule has 2 aromatic heterocycles. The molecule has 0 amide bonds. The van der Waals surface area contributed by atoms with Crippen LogP contribution in [-0.4, -0.2) is 0 Å². The number of fused-ring (bicyclic) bond motifs is 10. The van der Waals surface area contributed by atoms with Crippen LogP contribution >= 0.6 is 24.5 Å². The highest BCUT2D eigenvalue weighted by molar-refractivity contribution is 8.25. The van der Waals surface area contributed by atoms with E-state index in [-0.39, 0.29) is 10.8 Å². The van der Waals surface area contributed by atoms with Gasteiger partial charge in [-0.2, -0.15) is 0 Å². The van der Waals surface area contributed by atoms with Crippen molar-refractivity contribution in [2.45, 2.75) is 75.0 Å². The third-order valence-corrected chi connectivity index (χ3v) is 34.6. The molecule has 0 saturated heterocycles. The van der Waals surface area contributed by atoms with Crippen molar-refractivity contribution in [1.82, 2.24) is 0 Å². The van der Waals surface area contributed by atoms with E-state index in [0.717, 1.165) is 126 Å². The van der Waals surface area contributed by atoms with E-state index in [2.05, 4.69) is 283 Å². The summed E-state index contributed by atoms with van der Waals surface area (Å²) in [5.41, 5.74) is 17.8. The van der Waals surface area contributed by atoms with Gasteiger partial charge in [0.2, 0.25) is 0 Å². The molecule has 4 heterocycles. The summed E-state index contributed by atoms with van der Waals surface area (Å²) in [6.45, 7) is 0. The summed E-state index contributed by atoms with van der Waals surface area (Å²) in [6.07, 6.45) is 11.9. The molecule has 118 heavy (non-hydrogen) atoms. The Morgan fingerprint density at radius 2 is 0.653 bits per heavy atom. The molecular weight excluding hydrogens is 1520 g/mol. The van der Waals surface area contributed by atoms with E-state index >= 15 is 4.57 Å². The molecule has 0 atom stereocenters. The average Bonchev–Trinajstić information content (AvgIpc) is 1.47. The zero-order valence-corrected chi connectivity index (χ0v) is 68.7. The number of hydrogen-bond acceptors (Lipinski definition) is 8. The molecular formula is C108H84N2O4P2S2. The first-order valence-electron chi connectivity index (χ1n) is 41.3. The average molecular weight is 1600 g/mol. The normalized spacial score (nSPS) is 14.7. The van der Waals surface area contributed by atoms with E-state index in [9.17, 15) is 0 Å². The predicted octanol–water partition coefficient (Wildman–Crippen LogP) is 28.0. The van der Waals surface area contributed by atoms with Crippen LogP contribution in [0.4, 0.5) is 34.1 Å². The van der Waals surface area contributed by atoms with Gasteiger partial charge in [0.05, 0.1) is 28.1 Å². The Kier molecular flexibility index (Phi) is 19.0. The van der Waals surface area contributed by atoms with Gasteiger partial charge in [0.15, 0.2) is 30.1 Å². The van der Waals surface area contributed by atoms with Crippen LogP contribution in [0.2, 0.25) is 0 Å². The Hall–Kier alpha value is -12.4. The van der Waals surface area contributed by atoms with Crippen molar-refractivity contribution < 1.29 is 18.5 Å². The first kappa shape index (κ1) is 73.3. The van der Waals surface area contributed by atoms with Gasteiger partial charge < -0.3 is 28.3 Å². The molecule has 572 valence electrons. The summed E-state index contributed by atoms with van der Waals surface area (Å²) in [5, 5.41) is 10.6. The lowest BCUT2D eigenvalue weighted by atomic mass is 9.65. The second-order valence-corrected chi connectivity index (χ2v) is 39.9. The molecule has 0 bridgehead atoms. The molecule has 22 rings (SSSR count). The van der Waals surface area contributed by atoms with Gasteiger partial charge in [0, 0.05) is 75.1 Å². The molecule has 2 aliphatic carbocycles. The largest absolute Gasteiger partial charge is 0.455 e. The number of rotatable bonds is 14. The van der Waals surface area contributed by atoms with E-state index in [4.69, 9.17) is 25.7 Å². The van der Waals surface area contributed by atoms with E-state index in [1.54, 1.807) is 0 Å². The zero-order valence-electron chi connectivity index (χ0n) is 65.3. The van der Waals surface area contributed by atoms with Crippen LogP contribution in [0.15, 0.2) is 393 Å². The molecule has 10 heteroatoms. The van der Waals surface area contributed by atoms with Crippen LogP contribution in [0, 0.1) is 0 Å². The van der Waals surface area contributed by atoms with Gasteiger partial charge in [-0.25, -0.2) is 0 Å². The third kappa shape index (κ3) is 12.7. The van der Waals surface area contributed by atoms with Gasteiger partial charge >= 0.3 is 0 Å². The van der Waals surface area contributed by atoms with Gasteiger partial charge in [0.1, 0.15) is 11.2 Å². The molecule has 0 radical (unpaired) electrons. The number of hydrogen-bond donors (Lipinski definition) is 0. The Morgan fingerprint density at radius 3 is 1.08 bits per heavy atom. The quantitative estimate of drug-likeness (QED) is 0.101. The van der Waals surface area contributed by atoms with Crippen LogP contribution in [0.5, 0.6) is 23.0 Å². The molecule has 2 saturated carbocycles. The molecule has 16 aromatic carbocycles. The van der Waals surface area contributed by atoms with Gasteiger partial charge in [0.25, 0.3) is 0 Å². The van der Waals surface area contributed by atoms with E-state index in [1.165, 1.54) is 108 Å². The summed E-state index contributed by atoms with van der Waals surface area (Å²) < 4.78 is 37.8. The maximum absolute atomic E-state index is 15.9. The highest BCUT2D eigenvalue weighted by Crippen LogP contribution is 2.56. The van der Waals surface area contributed by atoms with Crippen molar-refractivity contribution in [1.29, 1.82) is 0 Å². The number of furan rings is 1. The lowest BCUT2D eigenvalue weighted by Crippen LogP contribution is -2.30. The second-order valence-electron chi connectivity index (χ2n) is 31.8. The fraction of sp³-hybridized carbons (Fsp3) is 0.111. The number of ether oxygens (including phenoxy) is 2. The maximum Gasteiger partial charge on any atom is 0.174 e. The highest BCUT2D eigenvalue weighted by atomic mass is 32.4. The number of para-hydroxylation sites is 9. The number of anilines is 6. The molecule has 2 fully saturated rings. The fourth-order valence-corrected chi connectivity index (χ4v) is 28.0. The summed E-state index contributed by atoms with van der Waals surface area (Å²) >= 11 is 8.90. The molecule has 0 unspecified atom stereocenters. The van der Waals surface area contributed by atoms with Crippen molar-refractivity contribution in [3.05, 3.63) is 411 Å². The second kappa shape index (κ2) is 30.6. The van der Waals surface area contributed by atoms with Crippen molar-refractivity contribution >= 4 is 144 Å². The summed E-state index contributed by atoms with van der Waals surface area (Å²) in [5.74, 6) is 3.46. The Balaban J connectivity index is 0.000000147. The fourth-order valence-electron chi connectivity index (χ4n) is 19.4. The zero-order chi connectivity index (χ0) is 78.8. The Labute approximate surface area is 698 Å². The van der Waals surface area contributed by atoms with E-state index in [1.807, 2.05) is 127 Å². The van der Waals surface area contributed by atoms with Crippen molar-refractivity contribution in [2.24, 2.45) is 0 Å². The van der Waals surface area contributed by atoms with Crippen LogP contribution in [-0.2, 0) is 27.2 Å². The minimum Gasteiger partial charge on any atom is -0.455 e. The summed E-state index contributed by atoms with van der Waals surface area (Å²) in [4.78, 5) is 4.64. The van der Waals surface area contributed by atoms with Crippen LogP contribution in [0.1, 0.15) is 86.5 Å². The number of benzene rings is 16. The topological polar surface area (TPSA) is 55.2 Å². The van der Waals surface area contributed by atoms with E-state index in [0.29, 0.717) is 5.58 Å². The van der Waals surface area contributed by atoms with Crippen molar-refractivity contribution in [2.75, 3.05) is 9.80 Å². The van der Waals surface area contributed by atoms with Crippen LogP contribution in [0.3, 0.4) is 0 Å². The number of nitrogens with zero attached hydrogens (tertiary/aromatic N) is 2. The molecule has 18 aromatic rings. The third-order valence-electron chi connectivity index (χ3n) is 25.3. The van der Waals surface area contributed by atoms with Crippen LogP contribution in [0.25, 0.3) is 64.4 Å². The molecule has 6 nitrogen and oxygen atoms in total. The number of thiophene rings is 1. The smallest absolute Gasteiger partial charge is 0.174 e. The minimum atomic E-state index is -3.36. The first-order valence-corrected chi connectivity index (χ1v) is 46.6. The summed E-state index contributed by atoms with van der Waals surface area (Å²) in [6, 6.07) is 136. The Bertz CT molecular complexity index is 6290. The molecule has 0 spiro atoms. The van der Waals surface area contributed by atoms with Crippen molar-refractivity contribution in [3.8, 4) is 45.3 Å². The van der Waals surface area contributed by atoms with Crippen LogP contribution < -0.4 is 51.1 Å². The van der Waals surface area contributed by atoms with Gasteiger partial charge in [-0.05, 0) is 190 Å².